The molecule has 0 atom stereocenters. The highest BCUT2D eigenvalue weighted by atomic mass is 32.1. The van der Waals surface area contributed by atoms with Gasteiger partial charge in [0.05, 0.1) is 10.2 Å². The lowest BCUT2D eigenvalue weighted by Crippen LogP contribution is -2.32. The molecule has 1 aliphatic rings. The van der Waals surface area contributed by atoms with Gasteiger partial charge in [0.15, 0.2) is 5.13 Å². The van der Waals surface area contributed by atoms with Gasteiger partial charge in [0.1, 0.15) is 0 Å². The Morgan fingerprint density at radius 1 is 1.26 bits per heavy atom. The fourth-order valence-corrected chi connectivity index (χ4v) is 3.75. The van der Waals surface area contributed by atoms with E-state index in [4.69, 9.17) is 0 Å². The van der Waals surface area contributed by atoms with Crippen molar-refractivity contribution in [2.75, 3.05) is 11.9 Å². The van der Waals surface area contributed by atoms with E-state index in [9.17, 15) is 14.4 Å². The Balaban J connectivity index is 1.65. The van der Waals surface area contributed by atoms with Gasteiger partial charge in [-0.3, -0.25) is 19.3 Å². The Labute approximate surface area is 137 Å². The van der Waals surface area contributed by atoms with Gasteiger partial charge in [-0.25, -0.2) is 4.98 Å². The number of carbonyl (C=O) groups excluding carboxylic acids is 3. The van der Waals surface area contributed by atoms with Gasteiger partial charge in [-0.05, 0) is 31.0 Å². The minimum Gasteiger partial charge on any atom is -0.302 e. The predicted octanol–water partition coefficient (Wildman–Crippen LogP) is 2.39. The van der Waals surface area contributed by atoms with Crippen LogP contribution in [0.5, 0.6) is 0 Å². The zero-order chi connectivity index (χ0) is 16.6. The van der Waals surface area contributed by atoms with Crippen molar-refractivity contribution in [1.82, 2.24) is 9.88 Å². The summed E-state index contributed by atoms with van der Waals surface area (Å²) in [5.74, 6) is -0.645. The number of thiazole rings is 1. The molecule has 2 aromatic rings. The molecule has 2 heterocycles. The first kappa shape index (κ1) is 15.6. The lowest BCUT2D eigenvalue weighted by atomic mass is 10.1. The third-order valence-electron chi connectivity index (χ3n) is 3.79. The van der Waals surface area contributed by atoms with E-state index < -0.39 is 0 Å². The molecule has 1 fully saturated rings. The number of aromatic nitrogens is 1. The molecule has 0 unspecified atom stereocenters. The number of nitrogens with one attached hydrogen (secondary N) is 1. The molecular weight excluding hydrogens is 314 g/mol. The monoisotopic (exact) mass is 331 g/mol. The van der Waals surface area contributed by atoms with Crippen molar-refractivity contribution in [2.24, 2.45) is 0 Å². The molecular formula is C16H17N3O3S. The Morgan fingerprint density at radius 3 is 2.65 bits per heavy atom. The minimum atomic E-state index is -0.245. The van der Waals surface area contributed by atoms with Crippen LogP contribution in [0.15, 0.2) is 12.1 Å². The number of anilines is 1. The standard InChI is InChI=1S/C16H17N3O3S/c1-9-7-10(2)15-11(8-9)23-16(18-15)17-12(20)5-6-19-13(21)3-4-14(19)22/h7-8H,3-6H2,1-2H3,(H,17,18,20). The quantitative estimate of drug-likeness (QED) is 0.873. The Kier molecular flexibility index (Phi) is 4.12. The van der Waals surface area contributed by atoms with Crippen molar-refractivity contribution in [3.8, 4) is 0 Å². The second-order valence-electron chi connectivity index (χ2n) is 5.68. The molecule has 1 aromatic heterocycles. The zero-order valence-corrected chi connectivity index (χ0v) is 13.8. The number of carbonyl (C=O) groups is 3. The van der Waals surface area contributed by atoms with Crippen molar-refractivity contribution in [3.63, 3.8) is 0 Å². The number of nitrogens with zero attached hydrogens (tertiary/aromatic N) is 2. The number of benzene rings is 1. The van der Waals surface area contributed by atoms with Crippen LogP contribution >= 0.6 is 11.3 Å². The molecule has 0 aliphatic carbocycles. The second kappa shape index (κ2) is 6.08. The number of hydrogen-bond acceptors (Lipinski definition) is 5. The average molecular weight is 331 g/mol. The van der Waals surface area contributed by atoms with Gasteiger partial charge in [0.25, 0.3) is 0 Å². The molecule has 0 bridgehead atoms. The van der Waals surface area contributed by atoms with Crippen LogP contribution < -0.4 is 5.32 Å². The van der Waals surface area contributed by atoms with Crippen LogP contribution in [0.3, 0.4) is 0 Å². The molecule has 0 spiro atoms. The molecule has 6 nitrogen and oxygen atoms in total. The van der Waals surface area contributed by atoms with Crippen molar-refractivity contribution in [1.29, 1.82) is 0 Å². The van der Waals surface area contributed by atoms with E-state index in [0.717, 1.165) is 26.2 Å². The van der Waals surface area contributed by atoms with Crippen molar-refractivity contribution in [3.05, 3.63) is 23.3 Å². The first-order chi connectivity index (χ1) is 10.9. The van der Waals surface area contributed by atoms with E-state index in [1.54, 1.807) is 0 Å². The highest BCUT2D eigenvalue weighted by molar-refractivity contribution is 7.22. The van der Waals surface area contributed by atoms with Crippen LogP contribution in [0.2, 0.25) is 0 Å². The summed E-state index contributed by atoms with van der Waals surface area (Å²) in [5.41, 5.74) is 3.12. The maximum absolute atomic E-state index is 12.0. The molecule has 3 amide bonds. The molecule has 1 aromatic carbocycles. The topological polar surface area (TPSA) is 79.4 Å². The van der Waals surface area contributed by atoms with Gasteiger partial charge < -0.3 is 5.32 Å². The van der Waals surface area contributed by atoms with Gasteiger partial charge in [-0.15, -0.1) is 0 Å². The predicted molar refractivity (Wildman–Crippen MR) is 88.3 cm³/mol. The summed E-state index contributed by atoms with van der Waals surface area (Å²) in [7, 11) is 0. The van der Waals surface area contributed by atoms with Crippen LogP contribution in [0.25, 0.3) is 10.2 Å². The minimum absolute atomic E-state index is 0.0887. The van der Waals surface area contributed by atoms with E-state index in [1.807, 2.05) is 19.9 Å². The number of aryl methyl sites for hydroxylation is 2. The highest BCUT2D eigenvalue weighted by Gasteiger charge is 2.28. The molecule has 0 saturated carbocycles. The third kappa shape index (κ3) is 3.24. The van der Waals surface area contributed by atoms with Crippen LogP contribution in [-0.4, -0.2) is 34.2 Å². The van der Waals surface area contributed by atoms with Crippen molar-refractivity contribution < 1.29 is 14.4 Å². The van der Waals surface area contributed by atoms with Crippen LogP contribution in [0.4, 0.5) is 5.13 Å². The number of rotatable bonds is 4. The Morgan fingerprint density at radius 2 is 1.96 bits per heavy atom. The summed E-state index contributed by atoms with van der Waals surface area (Å²) < 4.78 is 1.03. The normalized spacial score (nSPS) is 14.8. The lowest BCUT2D eigenvalue weighted by molar-refractivity contribution is -0.138. The number of imide groups is 1. The smallest absolute Gasteiger partial charge is 0.229 e. The van der Waals surface area contributed by atoms with Gasteiger partial charge >= 0.3 is 0 Å². The fourth-order valence-electron chi connectivity index (χ4n) is 2.69. The van der Waals surface area contributed by atoms with Crippen molar-refractivity contribution in [2.45, 2.75) is 33.1 Å². The summed E-state index contributed by atoms with van der Waals surface area (Å²) in [5, 5.41) is 3.29. The van der Waals surface area contributed by atoms with Gasteiger partial charge in [-0.1, -0.05) is 17.4 Å². The van der Waals surface area contributed by atoms with E-state index in [-0.39, 0.29) is 43.5 Å². The van der Waals surface area contributed by atoms with Crippen LogP contribution in [0, 0.1) is 13.8 Å². The van der Waals surface area contributed by atoms with E-state index in [0.29, 0.717) is 5.13 Å². The Hall–Kier alpha value is -2.28. The van der Waals surface area contributed by atoms with Gasteiger partial charge in [0.2, 0.25) is 17.7 Å². The average Bonchev–Trinajstić information content (AvgIpc) is 3.01. The summed E-state index contributed by atoms with van der Waals surface area (Å²) in [6, 6.07) is 4.09. The fraction of sp³-hybridized carbons (Fsp3) is 0.375. The number of likely N-dealkylation sites (tertiary alicyclic amines) is 1. The SMILES string of the molecule is Cc1cc(C)c2nc(NC(=O)CCN3C(=O)CCC3=O)sc2c1. The molecule has 7 heteroatoms. The molecule has 1 N–H and O–H groups in total. The molecule has 1 aliphatic heterocycles. The highest BCUT2D eigenvalue weighted by Crippen LogP contribution is 2.29. The molecule has 120 valence electrons. The van der Waals surface area contributed by atoms with E-state index in [1.165, 1.54) is 11.3 Å². The first-order valence-electron chi connectivity index (χ1n) is 7.45. The summed E-state index contributed by atoms with van der Waals surface area (Å²) in [6.45, 7) is 4.15. The molecule has 1 saturated heterocycles. The molecule has 3 rings (SSSR count). The second-order valence-corrected chi connectivity index (χ2v) is 6.72. The summed E-state index contributed by atoms with van der Waals surface area (Å²) >= 11 is 1.42. The van der Waals surface area contributed by atoms with Crippen molar-refractivity contribution >= 4 is 44.4 Å². The van der Waals surface area contributed by atoms with E-state index >= 15 is 0 Å². The van der Waals surface area contributed by atoms with Crippen LogP contribution in [-0.2, 0) is 14.4 Å². The lowest BCUT2D eigenvalue weighted by Gasteiger charge is -2.12. The first-order valence-corrected chi connectivity index (χ1v) is 8.26. The molecule has 0 radical (unpaired) electrons. The maximum Gasteiger partial charge on any atom is 0.229 e. The summed E-state index contributed by atoms with van der Waals surface area (Å²) in [6.07, 6.45) is 0.583. The molecule has 23 heavy (non-hydrogen) atoms. The van der Waals surface area contributed by atoms with Gasteiger partial charge in [0, 0.05) is 25.8 Å². The maximum atomic E-state index is 12.0. The summed E-state index contributed by atoms with van der Waals surface area (Å²) in [4.78, 5) is 40.6. The Bertz CT molecular complexity index is 796. The van der Waals surface area contributed by atoms with Crippen LogP contribution in [0.1, 0.15) is 30.4 Å². The number of amides is 3. The largest absolute Gasteiger partial charge is 0.302 e. The zero-order valence-electron chi connectivity index (χ0n) is 13.0. The number of fused-ring (bicyclic) bond motifs is 1. The third-order valence-corrected chi connectivity index (χ3v) is 4.71. The number of hydrogen-bond donors (Lipinski definition) is 1. The van der Waals surface area contributed by atoms with E-state index in [2.05, 4.69) is 16.4 Å². The van der Waals surface area contributed by atoms with Gasteiger partial charge in [-0.2, -0.15) is 0 Å².